The minimum Gasteiger partial charge on any atom is -0.340 e. The molecule has 1 saturated carbocycles. The van der Waals surface area contributed by atoms with Crippen LogP contribution >= 0.6 is 0 Å². The molecule has 1 aromatic heterocycles. The Labute approximate surface area is 131 Å². The fourth-order valence-corrected chi connectivity index (χ4v) is 3.61. The van der Waals surface area contributed by atoms with E-state index in [0.29, 0.717) is 12.8 Å². The lowest BCUT2D eigenvalue weighted by atomic mass is 10.1. The van der Waals surface area contributed by atoms with Gasteiger partial charge in [0.25, 0.3) is 0 Å². The molecule has 2 heterocycles. The Bertz CT molecular complexity index is 508. The van der Waals surface area contributed by atoms with Gasteiger partial charge in [0.1, 0.15) is 5.82 Å². The average molecular weight is 305 g/mol. The van der Waals surface area contributed by atoms with Crippen LogP contribution in [-0.4, -0.2) is 52.9 Å². The highest BCUT2D eigenvalue weighted by Crippen LogP contribution is 2.24. The van der Waals surface area contributed by atoms with Crippen LogP contribution in [-0.2, 0) is 11.2 Å². The number of hydrogen-bond donors (Lipinski definition) is 0. The number of hydrogen-bond acceptors (Lipinski definition) is 3. The molecule has 0 radical (unpaired) electrons. The number of aryl methyl sites for hydroxylation is 1. The predicted octanol–water partition coefficient (Wildman–Crippen LogP) is 2.24. The normalized spacial score (nSPS) is 20.5. The first kappa shape index (κ1) is 15.4. The molecule has 3 rings (SSSR count). The maximum Gasteiger partial charge on any atom is 0.222 e. The van der Waals surface area contributed by atoms with Gasteiger partial charge in [-0.2, -0.15) is 0 Å². The molecule has 0 spiro atoms. The summed E-state index contributed by atoms with van der Waals surface area (Å²) in [6.07, 6.45) is 9.17. The molecule has 2 aliphatic rings. The fourth-order valence-electron chi connectivity index (χ4n) is 3.61. The summed E-state index contributed by atoms with van der Waals surface area (Å²) in [7, 11) is 0. The van der Waals surface area contributed by atoms with E-state index in [1.807, 2.05) is 4.90 Å². The smallest absolute Gasteiger partial charge is 0.222 e. The topological polar surface area (TPSA) is 36.4 Å². The first-order valence-corrected chi connectivity index (χ1v) is 8.33. The van der Waals surface area contributed by atoms with Gasteiger partial charge in [-0.25, -0.2) is 4.39 Å². The molecule has 0 N–H and O–H groups in total. The van der Waals surface area contributed by atoms with Gasteiger partial charge in [-0.05, 0) is 30.9 Å². The highest BCUT2D eigenvalue weighted by Gasteiger charge is 2.27. The standard InChI is InChI=1S/C17H24FN3O/c18-15-11-14(12-19-13-15)5-6-17(22)21-9-7-20(8-10-21)16-3-1-2-4-16/h11-13,16H,1-10H2. The summed E-state index contributed by atoms with van der Waals surface area (Å²) in [4.78, 5) is 20.6. The molecule has 4 nitrogen and oxygen atoms in total. The summed E-state index contributed by atoms with van der Waals surface area (Å²) in [5.41, 5.74) is 0.790. The van der Waals surface area contributed by atoms with Gasteiger partial charge < -0.3 is 4.90 Å². The summed E-state index contributed by atoms with van der Waals surface area (Å²) < 4.78 is 13.1. The summed E-state index contributed by atoms with van der Waals surface area (Å²) in [5.74, 6) is -0.162. The van der Waals surface area contributed by atoms with Crippen LogP contribution in [0.1, 0.15) is 37.7 Å². The van der Waals surface area contributed by atoms with E-state index in [9.17, 15) is 9.18 Å². The van der Waals surface area contributed by atoms with E-state index in [2.05, 4.69) is 9.88 Å². The van der Waals surface area contributed by atoms with Crippen LogP contribution in [0.4, 0.5) is 4.39 Å². The number of piperazine rings is 1. The average Bonchev–Trinajstić information content (AvgIpc) is 3.07. The molecule has 1 amide bonds. The second-order valence-electron chi connectivity index (χ2n) is 6.37. The first-order valence-electron chi connectivity index (χ1n) is 8.33. The number of aromatic nitrogens is 1. The van der Waals surface area contributed by atoms with Crippen molar-refractivity contribution in [2.45, 2.75) is 44.6 Å². The van der Waals surface area contributed by atoms with Gasteiger partial charge in [-0.15, -0.1) is 0 Å². The summed E-state index contributed by atoms with van der Waals surface area (Å²) in [5, 5.41) is 0. The number of nitrogens with zero attached hydrogens (tertiary/aromatic N) is 3. The van der Waals surface area contributed by atoms with Crippen molar-refractivity contribution in [3.63, 3.8) is 0 Å². The maximum absolute atomic E-state index is 13.1. The second kappa shape index (κ2) is 7.18. The quantitative estimate of drug-likeness (QED) is 0.856. The van der Waals surface area contributed by atoms with Gasteiger partial charge in [-0.1, -0.05) is 12.8 Å². The Hall–Kier alpha value is -1.49. The predicted molar refractivity (Wildman–Crippen MR) is 82.9 cm³/mol. The van der Waals surface area contributed by atoms with Gasteiger partial charge in [0.15, 0.2) is 0 Å². The molecule has 120 valence electrons. The molecule has 1 aliphatic carbocycles. The largest absolute Gasteiger partial charge is 0.340 e. The molecule has 0 aromatic carbocycles. The first-order chi connectivity index (χ1) is 10.7. The van der Waals surface area contributed by atoms with Crippen molar-refractivity contribution in [2.24, 2.45) is 0 Å². The number of pyridine rings is 1. The van der Waals surface area contributed by atoms with Crippen molar-refractivity contribution in [2.75, 3.05) is 26.2 Å². The minimum atomic E-state index is -0.338. The molecule has 22 heavy (non-hydrogen) atoms. The monoisotopic (exact) mass is 305 g/mol. The lowest BCUT2D eigenvalue weighted by Gasteiger charge is -2.38. The number of rotatable bonds is 4. The Morgan fingerprint density at radius 1 is 1.18 bits per heavy atom. The molecule has 1 saturated heterocycles. The highest BCUT2D eigenvalue weighted by atomic mass is 19.1. The third-order valence-corrected chi connectivity index (χ3v) is 4.90. The van der Waals surface area contributed by atoms with Crippen LogP contribution in [0.25, 0.3) is 0 Å². The van der Waals surface area contributed by atoms with E-state index in [1.54, 1.807) is 6.20 Å². The van der Waals surface area contributed by atoms with Crippen molar-refractivity contribution >= 4 is 5.91 Å². The van der Waals surface area contributed by atoms with Gasteiger partial charge in [0.05, 0.1) is 6.20 Å². The van der Waals surface area contributed by atoms with Gasteiger partial charge in [0.2, 0.25) is 5.91 Å². The lowest BCUT2D eigenvalue weighted by molar-refractivity contribution is -0.133. The Morgan fingerprint density at radius 2 is 1.91 bits per heavy atom. The molecule has 0 atom stereocenters. The lowest BCUT2D eigenvalue weighted by Crippen LogP contribution is -2.51. The molecule has 0 unspecified atom stereocenters. The van der Waals surface area contributed by atoms with Crippen LogP contribution in [0.15, 0.2) is 18.5 Å². The SMILES string of the molecule is O=C(CCc1cncc(F)c1)N1CCN(C2CCCC2)CC1. The van der Waals surface area contributed by atoms with E-state index in [-0.39, 0.29) is 11.7 Å². The van der Waals surface area contributed by atoms with Crippen LogP contribution in [0, 0.1) is 5.82 Å². The second-order valence-corrected chi connectivity index (χ2v) is 6.37. The number of carbonyl (C=O) groups is 1. The number of halogens is 1. The number of carbonyl (C=O) groups excluding carboxylic acids is 1. The van der Waals surface area contributed by atoms with Gasteiger partial charge in [0, 0.05) is 44.8 Å². The van der Waals surface area contributed by atoms with Crippen molar-refractivity contribution in [3.05, 3.63) is 29.8 Å². The summed E-state index contributed by atoms with van der Waals surface area (Å²) in [6.45, 7) is 3.66. The van der Waals surface area contributed by atoms with Crippen LogP contribution < -0.4 is 0 Å². The molecule has 0 bridgehead atoms. The Balaban J connectivity index is 1.43. The molecular formula is C17H24FN3O. The molecule has 5 heteroatoms. The third-order valence-electron chi connectivity index (χ3n) is 4.90. The molecule has 2 fully saturated rings. The van der Waals surface area contributed by atoms with Crippen molar-refractivity contribution in [1.29, 1.82) is 0 Å². The third kappa shape index (κ3) is 3.83. The van der Waals surface area contributed by atoms with E-state index in [1.165, 1.54) is 37.9 Å². The molecule has 1 aliphatic heterocycles. The highest BCUT2D eigenvalue weighted by molar-refractivity contribution is 5.76. The maximum atomic E-state index is 13.1. The number of amides is 1. The zero-order valence-corrected chi connectivity index (χ0v) is 13.0. The molecule has 1 aromatic rings. The summed E-state index contributed by atoms with van der Waals surface area (Å²) in [6, 6.07) is 2.20. The minimum absolute atomic E-state index is 0.176. The van der Waals surface area contributed by atoms with E-state index in [0.717, 1.165) is 37.8 Å². The summed E-state index contributed by atoms with van der Waals surface area (Å²) >= 11 is 0. The molecular weight excluding hydrogens is 281 g/mol. The van der Waals surface area contributed by atoms with Crippen molar-refractivity contribution < 1.29 is 9.18 Å². The van der Waals surface area contributed by atoms with E-state index < -0.39 is 0 Å². The fraction of sp³-hybridized carbons (Fsp3) is 0.647. The zero-order valence-electron chi connectivity index (χ0n) is 13.0. The van der Waals surface area contributed by atoms with Crippen LogP contribution in [0.5, 0.6) is 0 Å². The van der Waals surface area contributed by atoms with E-state index in [4.69, 9.17) is 0 Å². The zero-order chi connectivity index (χ0) is 15.4. The van der Waals surface area contributed by atoms with Crippen molar-refractivity contribution in [3.8, 4) is 0 Å². The van der Waals surface area contributed by atoms with Crippen molar-refractivity contribution in [1.82, 2.24) is 14.8 Å². The van der Waals surface area contributed by atoms with Gasteiger partial charge >= 0.3 is 0 Å². The Morgan fingerprint density at radius 3 is 2.59 bits per heavy atom. The van der Waals surface area contributed by atoms with E-state index >= 15 is 0 Å². The van der Waals surface area contributed by atoms with Gasteiger partial charge in [-0.3, -0.25) is 14.7 Å². The Kier molecular flexibility index (Phi) is 5.03. The van der Waals surface area contributed by atoms with Crippen LogP contribution in [0.2, 0.25) is 0 Å². The van der Waals surface area contributed by atoms with Crippen LogP contribution in [0.3, 0.4) is 0 Å².